The lowest BCUT2D eigenvalue weighted by Gasteiger charge is -2.19. The summed E-state index contributed by atoms with van der Waals surface area (Å²) >= 11 is 0. The van der Waals surface area contributed by atoms with Crippen molar-refractivity contribution < 1.29 is 5.21 Å². The second kappa shape index (κ2) is 6.15. The molecule has 114 valence electrons. The van der Waals surface area contributed by atoms with Crippen LogP contribution in [0.3, 0.4) is 0 Å². The van der Waals surface area contributed by atoms with E-state index in [0.29, 0.717) is 11.9 Å². The number of allylic oxidation sites excluding steroid dienone is 2. The van der Waals surface area contributed by atoms with Crippen molar-refractivity contribution in [2.24, 2.45) is 0 Å². The molecule has 3 rings (SSSR count). The lowest BCUT2D eigenvalue weighted by Crippen LogP contribution is -2.26. The standard InChI is InChI=1S/C17H19N3O2/c1-2-3-8-16-18-15-7-5-4-6-14(15)17(21)20(16)13-9-11-19(22)12-10-13/h4-7,9-11,22H,2-3,8,12H2,1H3. The van der Waals surface area contributed by atoms with Gasteiger partial charge in [-0.2, -0.15) is 0 Å². The molecule has 0 saturated heterocycles. The topological polar surface area (TPSA) is 58.4 Å². The number of aryl methyl sites for hydroxylation is 1. The zero-order chi connectivity index (χ0) is 15.5. The molecule has 2 heterocycles. The molecule has 5 heteroatoms. The first-order valence-electron chi connectivity index (χ1n) is 7.55. The maximum Gasteiger partial charge on any atom is 0.265 e. The molecule has 0 unspecified atom stereocenters. The van der Waals surface area contributed by atoms with Crippen LogP contribution in [0, 0.1) is 0 Å². The van der Waals surface area contributed by atoms with E-state index in [4.69, 9.17) is 0 Å². The first kappa shape index (κ1) is 14.5. The Bertz CT molecular complexity index is 805. The highest BCUT2D eigenvalue weighted by atomic mass is 16.5. The molecule has 1 aliphatic heterocycles. The van der Waals surface area contributed by atoms with E-state index in [-0.39, 0.29) is 5.56 Å². The zero-order valence-corrected chi connectivity index (χ0v) is 12.6. The van der Waals surface area contributed by atoms with Gasteiger partial charge >= 0.3 is 0 Å². The van der Waals surface area contributed by atoms with E-state index in [9.17, 15) is 10.0 Å². The zero-order valence-electron chi connectivity index (χ0n) is 12.6. The summed E-state index contributed by atoms with van der Waals surface area (Å²) in [4.78, 5) is 17.5. The molecule has 1 N–H and O–H groups in total. The molecule has 0 atom stereocenters. The Kier molecular flexibility index (Phi) is 4.06. The minimum atomic E-state index is -0.0565. The monoisotopic (exact) mass is 297 g/mol. The average Bonchev–Trinajstić information content (AvgIpc) is 2.54. The number of hydrogen-bond donors (Lipinski definition) is 1. The molecule has 0 amide bonds. The van der Waals surface area contributed by atoms with E-state index in [1.807, 2.05) is 24.3 Å². The Morgan fingerprint density at radius 1 is 1.32 bits per heavy atom. The Balaban J connectivity index is 2.19. The van der Waals surface area contributed by atoms with Gasteiger partial charge in [-0.3, -0.25) is 19.6 Å². The molecule has 0 saturated carbocycles. The number of rotatable bonds is 4. The molecule has 1 aromatic heterocycles. The summed E-state index contributed by atoms with van der Waals surface area (Å²) in [6.45, 7) is 2.48. The van der Waals surface area contributed by atoms with Crippen LogP contribution in [0.2, 0.25) is 0 Å². The minimum absolute atomic E-state index is 0.0565. The SMILES string of the molecule is CCCCc1nc2ccccc2c(=O)n1C1=CCN(O)C=C1. The molecule has 1 aliphatic rings. The number of unbranched alkanes of at least 4 members (excludes halogenated alkanes) is 1. The van der Waals surface area contributed by atoms with Crippen molar-refractivity contribution in [3.63, 3.8) is 0 Å². The molecule has 22 heavy (non-hydrogen) atoms. The van der Waals surface area contributed by atoms with E-state index in [0.717, 1.165) is 41.4 Å². The van der Waals surface area contributed by atoms with Crippen molar-refractivity contribution in [1.29, 1.82) is 0 Å². The van der Waals surface area contributed by atoms with Crippen LogP contribution in [0.4, 0.5) is 0 Å². The highest BCUT2D eigenvalue weighted by Crippen LogP contribution is 2.16. The average molecular weight is 297 g/mol. The molecule has 0 spiro atoms. The fourth-order valence-electron chi connectivity index (χ4n) is 2.59. The summed E-state index contributed by atoms with van der Waals surface area (Å²) in [5, 5.41) is 11.1. The molecular weight excluding hydrogens is 278 g/mol. The van der Waals surface area contributed by atoms with Crippen LogP contribution in [0.1, 0.15) is 25.6 Å². The van der Waals surface area contributed by atoms with Gasteiger partial charge in [-0.25, -0.2) is 4.98 Å². The van der Waals surface area contributed by atoms with Gasteiger partial charge in [-0.05, 0) is 30.7 Å². The van der Waals surface area contributed by atoms with E-state index >= 15 is 0 Å². The Labute approximate surface area is 128 Å². The van der Waals surface area contributed by atoms with Gasteiger partial charge in [0.25, 0.3) is 5.56 Å². The summed E-state index contributed by atoms with van der Waals surface area (Å²) < 4.78 is 1.67. The summed E-state index contributed by atoms with van der Waals surface area (Å²) in [6, 6.07) is 7.42. The fraction of sp³-hybridized carbons (Fsp3) is 0.294. The van der Waals surface area contributed by atoms with Crippen LogP contribution >= 0.6 is 0 Å². The van der Waals surface area contributed by atoms with Gasteiger partial charge in [0, 0.05) is 18.3 Å². The predicted octanol–water partition coefficient (Wildman–Crippen LogP) is 2.80. The lowest BCUT2D eigenvalue weighted by atomic mass is 10.2. The summed E-state index contributed by atoms with van der Waals surface area (Å²) in [5.41, 5.74) is 1.44. The smallest absolute Gasteiger partial charge is 0.265 e. The maximum absolute atomic E-state index is 12.9. The van der Waals surface area contributed by atoms with Crippen molar-refractivity contribution in [2.75, 3.05) is 6.54 Å². The van der Waals surface area contributed by atoms with E-state index in [1.54, 1.807) is 22.9 Å². The van der Waals surface area contributed by atoms with Crippen LogP contribution in [0.25, 0.3) is 16.6 Å². The molecule has 5 nitrogen and oxygen atoms in total. The number of nitrogens with zero attached hydrogens (tertiary/aromatic N) is 3. The van der Waals surface area contributed by atoms with Crippen molar-refractivity contribution >= 4 is 16.6 Å². The summed E-state index contributed by atoms with van der Waals surface area (Å²) in [7, 11) is 0. The van der Waals surface area contributed by atoms with Crippen LogP contribution in [0.15, 0.2) is 47.4 Å². The number of aromatic nitrogens is 2. The van der Waals surface area contributed by atoms with Crippen molar-refractivity contribution in [3.05, 3.63) is 58.8 Å². The fourth-order valence-corrected chi connectivity index (χ4v) is 2.59. The number of benzene rings is 1. The quantitative estimate of drug-likeness (QED) is 0.942. The lowest BCUT2D eigenvalue weighted by molar-refractivity contribution is -0.0300. The molecular formula is C17H19N3O2. The minimum Gasteiger partial charge on any atom is -0.289 e. The highest BCUT2D eigenvalue weighted by Gasteiger charge is 2.14. The van der Waals surface area contributed by atoms with E-state index in [1.165, 1.54) is 0 Å². The normalized spacial score (nSPS) is 14.5. The molecule has 2 aromatic rings. The molecule has 0 radical (unpaired) electrons. The van der Waals surface area contributed by atoms with Gasteiger partial charge < -0.3 is 0 Å². The number of fused-ring (bicyclic) bond motifs is 1. The van der Waals surface area contributed by atoms with Gasteiger partial charge in [0.2, 0.25) is 0 Å². The predicted molar refractivity (Wildman–Crippen MR) is 86.5 cm³/mol. The number of hydrogen-bond acceptors (Lipinski definition) is 4. The van der Waals surface area contributed by atoms with E-state index < -0.39 is 0 Å². The maximum atomic E-state index is 12.9. The van der Waals surface area contributed by atoms with Crippen LogP contribution in [-0.2, 0) is 6.42 Å². The van der Waals surface area contributed by atoms with E-state index in [2.05, 4.69) is 11.9 Å². The third kappa shape index (κ3) is 2.67. The third-order valence-corrected chi connectivity index (χ3v) is 3.76. The second-order valence-corrected chi connectivity index (χ2v) is 5.36. The summed E-state index contributed by atoms with van der Waals surface area (Å²) in [6.07, 6.45) is 7.89. The number of hydroxylamine groups is 2. The van der Waals surface area contributed by atoms with Crippen molar-refractivity contribution in [3.8, 4) is 0 Å². The second-order valence-electron chi connectivity index (χ2n) is 5.36. The Hall–Kier alpha value is -2.40. The van der Waals surface area contributed by atoms with Crippen molar-refractivity contribution in [2.45, 2.75) is 26.2 Å². The number of para-hydroxylation sites is 1. The van der Waals surface area contributed by atoms with Gasteiger partial charge in [0.15, 0.2) is 0 Å². The first-order chi connectivity index (χ1) is 10.7. The van der Waals surface area contributed by atoms with Crippen molar-refractivity contribution in [1.82, 2.24) is 14.6 Å². The molecule has 0 fully saturated rings. The van der Waals surface area contributed by atoms with Crippen LogP contribution < -0.4 is 5.56 Å². The summed E-state index contributed by atoms with van der Waals surface area (Å²) in [5.74, 6) is 0.771. The first-order valence-corrected chi connectivity index (χ1v) is 7.55. The Morgan fingerprint density at radius 3 is 2.86 bits per heavy atom. The van der Waals surface area contributed by atoms with Crippen LogP contribution in [-0.4, -0.2) is 26.4 Å². The van der Waals surface area contributed by atoms with Gasteiger partial charge in [-0.15, -0.1) is 0 Å². The molecule has 1 aromatic carbocycles. The molecule has 0 bridgehead atoms. The molecule has 0 aliphatic carbocycles. The highest BCUT2D eigenvalue weighted by molar-refractivity contribution is 5.78. The van der Waals surface area contributed by atoms with Gasteiger partial charge in [0.05, 0.1) is 17.4 Å². The van der Waals surface area contributed by atoms with Crippen LogP contribution in [0.5, 0.6) is 0 Å². The largest absolute Gasteiger partial charge is 0.289 e. The Morgan fingerprint density at radius 2 is 2.14 bits per heavy atom. The third-order valence-electron chi connectivity index (χ3n) is 3.76. The van der Waals surface area contributed by atoms with Gasteiger partial charge in [0.1, 0.15) is 5.82 Å². The van der Waals surface area contributed by atoms with Gasteiger partial charge in [-0.1, -0.05) is 25.5 Å².